The molecule has 0 spiro atoms. The second-order valence-corrected chi connectivity index (χ2v) is 7.45. The average molecular weight is 363 g/mol. The standard InChI is InChI=1S/C22H25N3O2/c26-21(16-4-2-1-3-5-16)24-20-8-6-17(7-9-20)22(27)25-12-10-18-14-23-15-19(18)11-13-25/h1-9,18-19,23H,10-15H2,(H,24,26)/t18-,19+. The lowest BCUT2D eigenvalue weighted by Gasteiger charge is -2.21. The molecule has 0 radical (unpaired) electrons. The van der Waals surface area contributed by atoms with E-state index in [4.69, 9.17) is 0 Å². The number of amides is 2. The van der Waals surface area contributed by atoms with Gasteiger partial charge in [-0.05, 0) is 74.2 Å². The minimum absolute atomic E-state index is 0.0869. The van der Waals surface area contributed by atoms with Crippen molar-refractivity contribution in [2.75, 3.05) is 31.5 Å². The van der Waals surface area contributed by atoms with Gasteiger partial charge in [-0.15, -0.1) is 0 Å². The summed E-state index contributed by atoms with van der Waals surface area (Å²) in [6.07, 6.45) is 2.16. The number of likely N-dealkylation sites (tertiary alicyclic amines) is 1. The Morgan fingerprint density at radius 1 is 0.852 bits per heavy atom. The molecule has 5 nitrogen and oxygen atoms in total. The summed E-state index contributed by atoms with van der Waals surface area (Å²) in [5, 5.41) is 6.33. The monoisotopic (exact) mass is 363 g/mol. The first-order valence-electron chi connectivity index (χ1n) is 9.67. The molecule has 4 rings (SSSR count). The van der Waals surface area contributed by atoms with Gasteiger partial charge < -0.3 is 15.5 Å². The first-order chi connectivity index (χ1) is 13.2. The van der Waals surface area contributed by atoms with Crippen LogP contribution >= 0.6 is 0 Å². The number of hydrogen-bond acceptors (Lipinski definition) is 3. The van der Waals surface area contributed by atoms with Crippen molar-refractivity contribution >= 4 is 17.5 Å². The topological polar surface area (TPSA) is 61.4 Å². The summed E-state index contributed by atoms with van der Waals surface area (Å²) < 4.78 is 0. The lowest BCUT2D eigenvalue weighted by Crippen LogP contribution is -2.32. The molecule has 2 heterocycles. The van der Waals surface area contributed by atoms with Crippen molar-refractivity contribution in [3.8, 4) is 0 Å². The number of hydrogen-bond donors (Lipinski definition) is 2. The molecular weight excluding hydrogens is 338 g/mol. The van der Waals surface area contributed by atoms with Crippen molar-refractivity contribution in [2.45, 2.75) is 12.8 Å². The van der Waals surface area contributed by atoms with E-state index < -0.39 is 0 Å². The fourth-order valence-corrected chi connectivity index (χ4v) is 4.09. The summed E-state index contributed by atoms with van der Waals surface area (Å²) in [5.41, 5.74) is 1.98. The second kappa shape index (κ2) is 7.92. The molecule has 2 aromatic rings. The van der Waals surface area contributed by atoms with Crippen molar-refractivity contribution in [1.82, 2.24) is 10.2 Å². The van der Waals surface area contributed by atoms with Crippen LogP contribution in [0.4, 0.5) is 5.69 Å². The zero-order valence-corrected chi connectivity index (χ0v) is 15.4. The number of nitrogens with zero attached hydrogens (tertiary/aromatic N) is 1. The number of carbonyl (C=O) groups is 2. The predicted molar refractivity (Wildman–Crippen MR) is 106 cm³/mol. The lowest BCUT2D eigenvalue weighted by molar-refractivity contribution is 0.0758. The van der Waals surface area contributed by atoms with Crippen molar-refractivity contribution in [1.29, 1.82) is 0 Å². The van der Waals surface area contributed by atoms with Crippen LogP contribution in [0.5, 0.6) is 0 Å². The molecule has 2 aromatic carbocycles. The van der Waals surface area contributed by atoms with Crippen molar-refractivity contribution in [3.63, 3.8) is 0 Å². The Hall–Kier alpha value is -2.66. The Bertz CT molecular complexity index is 790. The van der Waals surface area contributed by atoms with Crippen LogP contribution in [0.1, 0.15) is 33.6 Å². The van der Waals surface area contributed by atoms with Gasteiger partial charge in [0.1, 0.15) is 0 Å². The zero-order chi connectivity index (χ0) is 18.6. The van der Waals surface area contributed by atoms with Crippen LogP contribution in [0.2, 0.25) is 0 Å². The largest absolute Gasteiger partial charge is 0.339 e. The van der Waals surface area contributed by atoms with Crippen LogP contribution in [-0.4, -0.2) is 42.9 Å². The molecule has 2 N–H and O–H groups in total. The van der Waals surface area contributed by atoms with Gasteiger partial charge in [-0.1, -0.05) is 18.2 Å². The highest BCUT2D eigenvalue weighted by Gasteiger charge is 2.31. The Balaban J connectivity index is 1.38. The van der Waals surface area contributed by atoms with Crippen LogP contribution in [0, 0.1) is 11.8 Å². The molecule has 0 bridgehead atoms. The van der Waals surface area contributed by atoms with Crippen molar-refractivity contribution < 1.29 is 9.59 Å². The van der Waals surface area contributed by atoms with Gasteiger partial charge in [0, 0.05) is 29.9 Å². The van der Waals surface area contributed by atoms with E-state index in [0.29, 0.717) is 28.7 Å². The quantitative estimate of drug-likeness (QED) is 0.881. The number of rotatable bonds is 3. The summed E-state index contributed by atoms with van der Waals surface area (Å²) in [7, 11) is 0. The van der Waals surface area contributed by atoms with Crippen LogP contribution in [0.15, 0.2) is 54.6 Å². The highest BCUT2D eigenvalue weighted by atomic mass is 16.2. The van der Waals surface area contributed by atoms with E-state index in [2.05, 4.69) is 10.6 Å². The molecule has 0 saturated carbocycles. The first-order valence-corrected chi connectivity index (χ1v) is 9.67. The molecule has 2 aliphatic heterocycles. The van der Waals surface area contributed by atoms with Gasteiger partial charge in [-0.3, -0.25) is 9.59 Å². The Morgan fingerprint density at radius 2 is 1.48 bits per heavy atom. The molecule has 0 aromatic heterocycles. The van der Waals surface area contributed by atoms with Gasteiger partial charge in [0.25, 0.3) is 11.8 Å². The first kappa shape index (κ1) is 17.7. The molecule has 140 valence electrons. The Morgan fingerprint density at radius 3 is 2.11 bits per heavy atom. The molecular formula is C22H25N3O2. The van der Waals surface area contributed by atoms with E-state index in [1.807, 2.05) is 23.1 Å². The van der Waals surface area contributed by atoms with Gasteiger partial charge in [0.15, 0.2) is 0 Å². The highest BCUT2D eigenvalue weighted by Crippen LogP contribution is 2.27. The van der Waals surface area contributed by atoms with Crippen LogP contribution in [0.25, 0.3) is 0 Å². The number of benzene rings is 2. The number of anilines is 1. The molecule has 2 amide bonds. The minimum atomic E-state index is -0.151. The Labute approximate surface area is 159 Å². The van der Waals surface area contributed by atoms with Gasteiger partial charge in [-0.2, -0.15) is 0 Å². The summed E-state index contributed by atoms with van der Waals surface area (Å²) in [4.78, 5) is 27.1. The normalized spacial score (nSPS) is 22.0. The van der Waals surface area contributed by atoms with Crippen LogP contribution in [-0.2, 0) is 0 Å². The van der Waals surface area contributed by atoms with E-state index >= 15 is 0 Å². The fourth-order valence-electron chi connectivity index (χ4n) is 4.09. The summed E-state index contributed by atoms with van der Waals surface area (Å²) >= 11 is 0. The van der Waals surface area contributed by atoms with E-state index in [1.165, 1.54) is 0 Å². The van der Waals surface area contributed by atoms with Gasteiger partial charge >= 0.3 is 0 Å². The maximum atomic E-state index is 12.9. The Kier molecular flexibility index (Phi) is 5.21. The molecule has 27 heavy (non-hydrogen) atoms. The van der Waals surface area contributed by atoms with E-state index in [-0.39, 0.29) is 11.8 Å². The summed E-state index contributed by atoms with van der Waals surface area (Å²) in [6, 6.07) is 16.3. The second-order valence-electron chi connectivity index (χ2n) is 7.45. The fraction of sp³-hybridized carbons (Fsp3) is 0.364. The lowest BCUT2D eigenvalue weighted by atomic mass is 9.92. The van der Waals surface area contributed by atoms with Crippen LogP contribution in [0.3, 0.4) is 0 Å². The van der Waals surface area contributed by atoms with Crippen LogP contribution < -0.4 is 10.6 Å². The number of carbonyl (C=O) groups excluding carboxylic acids is 2. The van der Waals surface area contributed by atoms with Crippen molar-refractivity contribution in [2.24, 2.45) is 11.8 Å². The molecule has 0 aliphatic carbocycles. The minimum Gasteiger partial charge on any atom is -0.339 e. The zero-order valence-electron chi connectivity index (χ0n) is 15.4. The smallest absolute Gasteiger partial charge is 0.255 e. The van der Waals surface area contributed by atoms with E-state index in [9.17, 15) is 9.59 Å². The number of fused-ring (bicyclic) bond motifs is 1. The summed E-state index contributed by atoms with van der Waals surface area (Å²) in [5.74, 6) is 1.35. The number of nitrogens with one attached hydrogen (secondary N) is 2. The third kappa shape index (κ3) is 4.03. The van der Waals surface area contributed by atoms with Gasteiger partial charge in [0.05, 0.1) is 0 Å². The third-order valence-corrected chi connectivity index (χ3v) is 5.73. The third-order valence-electron chi connectivity index (χ3n) is 5.73. The molecule has 2 fully saturated rings. The maximum Gasteiger partial charge on any atom is 0.255 e. The summed E-state index contributed by atoms with van der Waals surface area (Å²) in [6.45, 7) is 3.83. The average Bonchev–Trinajstić information content (AvgIpc) is 3.07. The molecule has 2 atom stereocenters. The van der Waals surface area contributed by atoms with E-state index in [0.717, 1.165) is 39.0 Å². The SMILES string of the molecule is O=C(Nc1ccc(C(=O)N2CC[C@@H]3CNC[C@@H]3CC2)cc1)c1ccccc1. The molecule has 2 aliphatic rings. The molecule has 0 unspecified atom stereocenters. The predicted octanol–water partition coefficient (Wildman–Crippen LogP) is 3.01. The van der Waals surface area contributed by atoms with Gasteiger partial charge in [0.2, 0.25) is 0 Å². The van der Waals surface area contributed by atoms with E-state index in [1.54, 1.807) is 36.4 Å². The highest BCUT2D eigenvalue weighted by molar-refractivity contribution is 6.04. The van der Waals surface area contributed by atoms with Crippen molar-refractivity contribution in [3.05, 3.63) is 65.7 Å². The van der Waals surface area contributed by atoms with Gasteiger partial charge in [-0.25, -0.2) is 0 Å². The molecule has 5 heteroatoms. The maximum absolute atomic E-state index is 12.9. The molecule has 2 saturated heterocycles.